The van der Waals surface area contributed by atoms with Gasteiger partial charge in [0.15, 0.2) is 0 Å². The van der Waals surface area contributed by atoms with Crippen molar-refractivity contribution in [3.05, 3.63) is 36.7 Å². The summed E-state index contributed by atoms with van der Waals surface area (Å²) in [6, 6.07) is 0. The van der Waals surface area contributed by atoms with Crippen molar-refractivity contribution in [3.8, 4) is 0 Å². The zero-order valence-electron chi connectivity index (χ0n) is 4.83. The molecule has 1 aliphatic rings. The van der Waals surface area contributed by atoms with Crippen LogP contribution in [0.1, 0.15) is 0 Å². The van der Waals surface area contributed by atoms with E-state index in [9.17, 15) is 0 Å². The molecule has 1 radical (unpaired) electrons. The number of hydrogen-bond acceptors (Lipinski definition) is 1. The van der Waals surface area contributed by atoms with E-state index in [0.29, 0.717) is 0 Å². The minimum Gasteiger partial charge on any atom is -0.357 e. The molecule has 0 N–H and O–H groups in total. The van der Waals surface area contributed by atoms with Crippen molar-refractivity contribution < 1.29 is 0 Å². The van der Waals surface area contributed by atoms with Gasteiger partial charge in [0.2, 0.25) is 0 Å². The summed E-state index contributed by atoms with van der Waals surface area (Å²) < 4.78 is 0. The van der Waals surface area contributed by atoms with Crippen LogP contribution in [0.25, 0.3) is 0 Å². The van der Waals surface area contributed by atoms with Gasteiger partial charge in [0.05, 0.1) is 0 Å². The van der Waals surface area contributed by atoms with Gasteiger partial charge in [-0.25, -0.2) is 0 Å². The third-order valence-electron chi connectivity index (χ3n) is 0.903. The number of allylic oxidation sites excluding steroid dienone is 4. The Bertz CT molecular complexity index is 126. The summed E-state index contributed by atoms with van der Waals surface area (Å²) in [5.41, 5.74) is 0. The lowest BCUT2D eigenvalue weighted by atomic mass is 10.5. The maximum Gasteiger partial charge on any atom is 0.0110 e. The molecule has 0 aromatic carbocycles. The molecule has 0 saturated heterocycles. The van der Waals surface area contributed by atoms with Crippen LogP contribution in [0.15, 0.2) is 30.6 Å². The van der Waals surface area contributed by atoms with Crippen molar-refractivity contribution in [3.63, 3.8) is 0 Å². The smallest absolute Gasteiger partial charge is 0.0110 e. The highest BCUT2D eigenvalue weighted by Gasteiger charge is 1.80. The molecule has 0 aromatic rings. The summed E-state index contributed by atoms with van der Waals surface area (Å²) in [5.74, 6) is 0. The fourth-order valence-electron chi connectivity index (χ4n) is 0.500. The lowest BCUT2D eigenvalue weighted by Crippen LogP contribution is -1.97. The SMILES string of the molecule is CN1C=[C]C=CC=C1. The predicted molar refractivity (Wildman–Crippen MR) is 33.9 cm³/mol. The Morgan fingerprint density at radius 3 is 3.12 bits per heavy atom. The first-order chi connectivity index (χ1) is 3.89. The molecular formula is C7H8N. The third kappa shape index (κ3) is 1.26. The third-order valence-corrected chi connectivity index (χ3v) is 0.903. The van der Waals surface area contributed by atoms with Gasteiger partial charge in [-0.05, 0) is 12.2 Å². The topological polar surface area (TPSA) is 3.24 Å². The lowest BCUT2D eigenvalue weighted by Gasteiger charge is -2.02. The molecule has 0 saturated carbocycles. The van der Waals surface area contributed by atoms with Gasteiger partial charge in [-0.15, -0.1) is 0 Å². The minimum absolute atomic E-state index is 1.88. The van der Waals surface area contributed by atoms with Crippen molar-refractivity contribution in [1.82, 2.24) is 4.90 Å². The largest absolute Gasteiger partial charge is 0.357 e. The van der Waals surface area contributed by atoms with Crippen LogP contribution in [-0.2, 0) is 0 Å². The molecular weight excluding hydrogens is 98.1 g/mol. The minimum atomic E-state index is 1.88. The Hall–Kier alpha value is -0.980. The van der Waals surface area contributed by atoms with Gasteiger partial charge in [0.25, 0.3) is 0 Å². The molecule has 8 heavy (non-hydrogen) atoms. The van der Waals surface area contributed by atoms with Crippen molar-refractivity contribution in [2.75, 3.05) is 7.05 Å². The molecule has 1 aliphatic heterocycles. The molecule has 0 spiro atoms. The Kier molecular flexibility index (Phi) is 1.52. The van der Waals surface area contributed by atoms with E-state index in [4.69, 9.17) is 0 Å². The zero-order chi connectivity index (χ0) is 5.82. The monoisotopic (exact) mass is 106 g/mol. The molecule has 0 aromatic heterocycles. The zero-order valence-corrected chi connectivity index (χ0v) is 4.83. The van der Waals surface area contributed by atoms with E-state index in [1.807, 2.05) is 42.6 Å². The van der Waals surface area contributed by atoms with Gasteiger partial charge in [-0.3, -0.25) is 0 Å². The van der Waals surface area contributed by atoms with Crippen LogP contribution >= 0.6 is 0 Å². The summed E-state index contributed by atoms with van der Waals surface area (Å²) >= 11 is 0. The van der Waals surface area contributed by atoms with Crippen LogP contribution in [0.5, 0.6) is 0 Å². The van der Waals surface area contributed by atoms with Crippen molar-refractivity contribution in [2.24, 2.45) is 0 Å². The second-order valence-electron chi connectivity index (χ2n) is 1.66. The molecule has 0 atom stereocenters. The summed E-state index contributed by atoms with van der Waals surface area (Å²) in [5, 5.41) is 0. The Labute approximate surface area is 49.6 Å². The Balaban J connectivity index is 2.66. The van der Waals surface area contributed by atoms with E-state index < -0.39 is 0 Å². The molecule has 0 amide bonds. The average Bonchev–Trinajstić information content (AvgIpc) is 1.94. The number of hydrogen-bond donors (Lipinski definition) is 0. The number of rotatable bonds is 0. The highest BCUT2D eigenvalue weighted by molar-refractivity contribution is 5.10. The molecule has 41 valence electrons. The lowest BCUT2D eigenvalue weighted by molar-refractivity contribution is 0.625. The molecule has 1 rings (SSSR count). The van der Waals surface area contributed by atoms with Crippen LogP contribution in [0, 0.1) is 6.08 Å². The molecule has 1 heterocycles. The van der Waals surface area contributed by atoms with Crippen molar-refractivity contribution in [1.29, 1.82) is 0 Å². The van der Waals surface area contributed by atoms with E-state index >= 15 is 0 Å². The Morgan fingerprint density at radius 2 is 2.25 bits per heavy atom. The van der Waals surface area contributed by atoms with E-state index in [1.165, 1.54) is 0 Å². The normalized spacial score (nSPS) is 16.9. The van der Waals surface area contributed by atoms with Crippen LogP contribution in [0.4, 0.5) is 0 Å². The summed E-state index contributed by atoms with van der Waals surface area (Å²) in [6.07, 6.45) is 12.6. The van der Waals surface area contributed by atoms with Crippen LogP contribution in [0.3, 0.4) is 0 Å². The first-order valence-electron chi connectivity index (χ1n) is 2.54. The molecule has 0 fully saturated rings. The quantitative estimate of drug-likeness (QED) is 0.450. The van der Waals surface area contributed by atoms with Gasteiger partial charge in [0.1, 0.15) is 0 Å². The van der Waals surface area contributed by atoms with Crippen LogP contribution < -0.4 is 0 Å². The van der Waals surface area contributed by atoms with E-state index in [1.54, 1.807) is 0 Å². The molecule has 1 nitrogen and oxygen atoms in total. The van der Waals surface area contributed by atoms with Crippen LogP contribution in [0.2, 0.25) is 0 Å². The van der Waals surface area contributed by atoms with Gasteiger partial charge < -0.3 is 4.90 Å². The second kappa shape index (κ2) is 2.36. The van der Waals surface area contributed by atoms with Crippen LogP contribution in [-0.4, -0.2) is 11.9 Å². The van der Waals surface area contributed by atoms with Gasteiger partial charge >= 0.3 is 0 Å². The standard InChI is InChI=1S/C7H8N/c1-8-6-4-2-3-5-7-8/h2-4,6-7H,1H3. The highest BCUT2D eigenvalue weighted by atomic mass is 15.0. The van der Waals surface area contributed by atoms with Crippen molar-refractivity contribution >= 4 is 0 Å². The van der Waals surface area contributed by atoms with E-state index in [2.05, 4.69) is 6.08 Å². The summed E-state index contributed by atoms with van der Waals surface area (Å²) in [7, 11) is 1.97. The Morgan fingerprint density at radius 1 is 1.38 bits per heavy atom. The van der Waals surface area contributed by atoms with Crippen molar-refractivity contribution in [2.45, 2.75) is 0 Å². The first kappa shape index (κ1) is 5.16. The average molecular weight is 106 g/mol. The molecule has 0 unspecified atom stereocenters. The highest BCUT2D eigenvalue weighted by Crippen LogP contribution is 1.91. The predicted octanol–water partition coefficient (Wildman–Crippen LogP) is 1.32. The fraction of sp³-hybridized carbons (Fsp3) is 0.143. The maximum absolute atomic E-state index is 2.95. The van der Waals surface area contributed by atoms with E-state index in [0.717, 1.165) is 0 Å². The fourth-order valence-corrected chi connectivity index (χ4v) is 0.500. The molecule has 0 aliphatic carbocycles. The second-order valence-corrected chi connectivity index (χ2v) is 1.66. The maximum atomic E-state index is 2.95. The van der Waals surface area contributed by atoms with Gasteiger partial charge in [-0.1, -0.05) is 12.2 Å². The van der Waals surface area contributed by atoms with E-state index in [-0.39, 0.29) is 0 Å². The summed E-state index contributed by atoms with van der Waals surface area (Å²) in [6.45, 7) is 0. The number of nitrogens with zero attached hydrogens (tertiary/aromatic N) is 1. The molecule has 1 heteroatoms. The first-order valence-corrected chi connectivity index (χ1v) is 2.54. The molecule has 0 bridgehead atoms. The van der Waals surface area contributed by atoms with Gasteiger partial charge in [-0.2, -0.15) is 0 Å². The van der Waals surface area contributed by atoms with Gasteiger partial charge in [0, 0.05) is 19.4 Å². The summed E-state index contributed by atoms with van der Waals surface area (Å²) in [4.78, 5) is 1.94.